The summed E-state index contributed by atoms with van der Waals surface area (Å²) in [6, 6.07) is 14.1. The molecule has 0 spiro atoms. The number of hydrogen-bond acceptors (Lipinski definition) is 4. The van der Waals surface area contributed by atoms with Gasteiger partial charge < -0.3 is 15.0 Å². The molecule has 29 heavy (non-hydrogen) atoms. The Morgan fingerprint density at radius 1 is 1.17 bits per heavy atom. The zero-order valence-corrected chi connectivity index (χ0v) is 17.2. The number of nitrogens with zero attached hydrogens (tertiary/aromatic N) is 1. The maximum Gasteiger partial charge on any atom is 0.251 e. The first-order valence-electron chi connectivity index (χ1n) is 9.19. The Balaban J connectivity index is 1.95. The van der Waals surface area contributed by atoms with Crippen molar-refractivity contribution in [1.82, 2.24) is 15.3 Å². The Morgan fingerprint density at radius 3 is 2.55 bits per heavy atom. The van der Waals surface area contributed by atoms with Gasteiger partial charge in [0.2, 0.25) is 5.91 Å². The molecule has 0 unspecified atom stereocenters. The Morgan fingerprint density at radius 2 is 1.90 bits per heavy atom. The number of H-pyrrole nitrogens is 1. The number of hydrogen-bond donors (Lipinski definition) is 2. The lowest BCUT2D eigenvalue weighted by molar-refractivity contribution is -0.124. The monoisotopic (exact) mass is 411 g/mol. The maximum atomic E-state index is 12.2. The summed E-state index contributed by atoms with van der Waals surface area (Å²) in [4.78, 5) is 31.4. The van der Waals surface area contributed by atoms with Gasteiger partial charge in [0.1, 0.15) is 11.6 Å². The molecule has 0 saturated carbocycles. The van der Waals surface area contributed by atoms with E-state index in [4.69, 9.17) is 16.3 Å². The van der Waals surface area contributed by atoms with Crippen LogP contribution in [0.5, 0.6) is 5.75 Å². The number of aromatic amines is 1. The molecule has 0 atom stereocenters. The Labute approximate surface area is 173 Å². The number of carbonyl (C=O) groups excluding carboxylic acids is 1. The molecule has 0 saturated heterocycles. The lowest BCUT2D eigenvalue weighted by Crippen LogP contribution is -2.27. The van der Waals surface area contributed by atoms with Crippen LogP contribution < -0.4 is 15.6 Å². The molecule has 0 radical (unpaired) electrons. The molecule has 2 N–H and O–H groups in total. The number of amides is 1. The molecule has 1 amide bonds. The molecule has 0 aliphatic carbocycles. The summed E-state index contributed by atoms with van der Waals surface area (Å²) in [5.74, 6) is 0.957. The van der Waals surface area contributed by atoms with Crippen LogP contribution in [0.3, 0.4) is 0 Å². The molecule has 3 rings (SSSR count). The second-order valence-corrected chi connectivity index (χ2v) is 7.30. The molecular formula is C22H22ClN3O3. The quantitative estimate of drug-likeness (QED) is 0.641. The fourth-order valence-electron chi connectivity index (χ4n) is 2.75. The van der Waals surface area contributed by atoms with Crippen LogP contribution in [-0.4, -0.2) is 23.0 Å². The van der Waals surface area contributed by atoms with Gasteiger partial charge in [-0.2, -0.15) is 0 Å². The highest BCUT2D eigenvalue weighted by molar-refractivity contribution is 6.33. The predicted octanol–water partition coefficient (Wildman–Crippen LogP) is 4.04. The summed E-state index contributed by atoms with van der Waals surface area (Å²) in [6.45, 7) is 4.04. The van der Waals surface area contributed by atoms with E-state index in [0.29, 0.717) is 28.6 Å². The number of halogens is 1. The zero-order chi connectivity index (χ0) is 21.0. The Bertz CT molecular complexity index is 1080. The summed E-state index contributed by atoms with van der Waals surface area (Å²) in [7, 11) is 1.59. The van der Waals surface area contributed by atoms with Crippen LogP contribution in [0.4, 0.5) is 0 Å². The summed E-state index contributed by atoms with van der Waals surface area (Å²) >= 11 is 6.37. The third kappa shape index (κ3) is 5.03. The van der Waals surface area contributed by atoms with E-state index in [2.05, 4.69) is 15.3 Å². The van der Waals surface area contributed by atoms with Gasteiger partial charge in [-0.25, -0.2) is 4.98 Å². The number of methoxy groups -OCH3 is 1. The number of rotatable bonds is 6. The van der Waals surface area contributed by atoms with Crippen LogP contribution in [0, 0.1) is 5.92 Å². The van der Waals surface area contributed by atoms with E-state index in [1.54, 1.807) is 13.2 Å². The van der Waals surface area contributed by atoms with Gasteiger partial charge >= 0.3 is 0 Å². The number of carbonyl (C=O) groups is 1. The van der Waals surface area contributed by atoms with E-state index in [-0.39, 0.29) is 17.4 Å². The molecule has 2 aromatic carbocycles. The van der Waals surface area contributed by atoms with Gasteiger partial charge in [-0.1, -0.05) is 31.5 Å². The molecule has 1 heterocycles. The van der Waals surface area contributed by atoms with E-state index in [0.717, 1.165) is 16.9 Å². The standard InChI is InChI=1S/C22H22ClN3O3/c1-13(2)22(28)24-12-14-4-9-18(23)17(10-14)21-25-19(11-20(27)26-21)15-5-7-16(29-3)8-6-15/h4-11,13H,12H2,1-3H3,(H,24,28)(H,25,26,27). The van der Waals surface area contributed by atoms with Crippen molar-refractivity contribution in [2.75, 3.05) is 7.11 Å². The molecular weight excluding hydrogens is 390 g/mol. The van der Waals surface area contributed by atoms with E-state index in [9.17, 15) is 9.59 Å². The minimum Gasteiger partial charge on any atom is -0.497 e. The lowest BCUT2D eigenvalue weighted by atomic mass is 10.1. The van der Waals surface area contributed by atoms with Crippen LogP contribution in [-0.2, 0) is 11.3 Å². The summed E-state index contributed by atoms with van der Waals surface area (Å²) in [5, 5.41) is 3.33. The minimum atomic E-state index is -0.282. The molecule has 7 heteroatoms. The van der Waals surface area contributed by atoms with Gasteiger partial charge in [-0.05, 0) is 42.0 Å². The number of benzene rings is 2. The minimum absolute atomic E-state index is 0.0328. The molecule has 150 valence electrons. The average Bonchev–Trinajstić information content (AvgIpc) is 2.72. The molecule has 0 bridgehead atoms. The first kappa shape index (κ1) is 20.6. The Kier molecular flexibility index (Phi) is 6.34. The van der Waals surface area contributed by atoms with Crippen LogP contribution >= 0.6 is 11.6 Å². The smallest absolute Gasteiger partial charge is 0.251 e. The second kappa shape index (κ2) is 8.92. The van der Waals surface area contributed by atoms with Gasteiger partial charge in [-0.3, -0.25) is 9.59 Å². The van der Waals surface area contributed by atoms with Crippen LogP contribution in [0.1, 0.15) is 19.4 Å². The molecule has 6 nitrogen and oxygen atoms in total. The zero-order valence-electron chi connectivity index (χ0n) is 16.5. The van der Waals surface area contributed by atoms with E-state index >= 15 is 0 Å². The Hall–Kier alpha value is -3.12. The molecule has 3 aromatic rings. The maximum absolute atomic E-state index is 12.2. The highest BCUT2D eigenvalue weighted by Crippen LogP contribution is 2.28. The third-order valence-corrected chi connectivity index (χ3v) is 4.73. The normalized spacial score (nSPS) is 10.8. The van der Waals surface area contributed by atoms with Crippen molar-refractivity contribution in [3.63, 3.8) is 0 Å². The largest absolute Gasteiger partial charge is 0.497 e. The van der Waals surface area contributed by atoms with Crippen molar-refractivity contribution in [2.45, 2.75) is 20.4 Å². The first-order valence-corrected chi connectivity index (χ1v) is 9.57. The summed E-state index contributed by atoms with van der Waals surface area (Å²) in [5.41, 5.74) is 2.48. The molecule has 0 aliphatic rings. The topological polar surface area (TPSA) is 84.1 Å². The van der Waals surface area contributed by atoms with Crippen molar-refractivity contribution >= 4 is 17.5 Å². The number of aromatic nitrogens is 2. The van der Waals surface area contributed by atoms with Gasteiger partial charge in [0.15, 0.2) is 0 Å². The lowest BCUT2D eigenvalue weighted by Gasteiger charge is -2.11. The SMILES string of the molecule is COc1ccc(-c2cc(=O)[nH]c(-c3cc(CNC(=O)C(C)C)ccc3Cl)n2)cc1. The molecule has 1 aromatic heterocycles. The van der Waals surface area contributed by atoms with Crippen molar-refractivity contribution in [2.24, 2.45) is 5.92 Å². The summed E-state index contributed by atoms with van der Waals surface area (Å²) < 4.78 is 5.17. The van der Waals surface area contributed by atoms with E-state index in [1.807, 2.05) is 50.2 Å². The third-order valence-electron chi connectivity index (χ3n) is 4.40. The van der Waals surface area contributed by atoms with Crippen molar-refractivity contribution in [3.05, 3.63) is 69.5 Å². The van der Waals surface area contributed by atoms with E-state index in [1.165, 1.54) is 6.07 Å². The van der Waals surface area contributed by atoms with Crippen molar-refractivity contribution < 1.29 is 9.53 Å². The van der Waals surface area contributed by atoms with Gasteiger partial charge in [0, 0.05) is 29.7 Å². The first-order chi connectivity index (χ1) is 13.9. The fourth-order valence-corrected chi connectivity index (χ4v) is 2.96. The van der Waals surface area contributed by atoms with Gasteiger partial charge in [0.05, 0.1) is 17.8 Å². The van der Waals surface area contributed by atoms with Crippen LogP contribution in [0.25, 0.3) is 22.6 Å². The second-order valence-electron chi connectivity index (χ2n) is 6.89. The van der Waals surface area contributed by atoms with E-state index < -0.39 is 0 Å². The van der Waals surface area contributed by atoms with Gasteiger partial charge in [0.25, 0.3) is 5.56 Å². The highest BCUT2D eigenvalue weighted by Gasteiger charge is 2.12. The number of ether oxygens (including phenoxy) is 1. The van der Waals surface area contributed by atoms with Crippen LogP contribution in [0.2, 0.25) is 5.02 Å². The van der Waals surface area contributed by atoms with Crippen molar-refractivity contribution in [1.29, 1.82) is 0 Å². The van der Waals surface area contributed by atoms with Crippen molar-refractivity contribution in [3.8, 4) is 28.4 Å². The molecule has 0 aliphatic heterocycles. The predicted molar refractivity (Wildman–Crippen MR) is 114 cm³/mol. The van der Waals surface area contributed by atoms with Crippen LogP contribution in [0.15, 0.2) is 53.3 Å². The molecule has 0 fully saturated rings. The average molecular weight is 412 g/mol. The van der Waals surface area contributed by atoms with Gasteiger partial charge in [-0.15, -0.1) is 0 Å². The summed E-state index contributed by atoms with van der Waals surface area (Å²) in [6.07, 6.45) is 0. The highest BCUT2D eigenvalue weighted by atomic mass is 35.5. The fraction of sp³-hybridized carbons (Fsp3) is 0.227. The number of nitrogens with one attached hydrogen (secondary N) is 2.